The van der Waals surface area contributed by atoms with E-state index in [1.54, 1.807) is 4.57 Å². The molecule has 0 unspecified atom stereocenters. The summed E-state index contributed by atoms with van der Waals surface area (Å²) in [7, 11) is 0. The highest BCUT2D eigenvalue weighted by Crippen LogP contribution is 2.18. The molecule has 1 fully saturated rings. The van der Waals surface area contributed by atoms with Crippen LogP contribution in [0.2, 0.25) is 0 Å². The number of amides is 1. The van der Waals surface area contributed by atoms with Gasteiger partial charge >= 0.3 is 0 Å². The molecule has 0 atom stereocenters. The molecule has 0 saturated carbocycles. The molecule has 0 radical (unpaired) electrons. The third kappa shape index (κ3) is 5.36. The Hall–Kier alpha value is -3.72. The minimum Gasteiger partial charge on any atom is -0.379 e. The van der Waals surface area contributed by atoms with E-state index in [9.17, 15) is 9.59 Å². The maximum absolute atomic E-state index is 13.3. The molecule has 4 aromatic rings. The van der Waals surface area contributed by atoms with Crippen LogP contribution in [0.1, 0.15) is 32.5 Å². The number of para-hydroxylation sites is 2. The van der Waals surface area contributed by atoms with Crippen molar-refractivity contribution in [2.75, 3.05) is 37.7 Å². The Kier molecular flexibility index (Phi) is 7.50. The minimum atomic E-state index is -0.0843. The van der Waals surface area contributed by atoms with Crippen LogP contribution in [-0.4, -0.2) is 68.9 Å². The third-order valence-electron chi connectivity index (χ3n) is 6.87. The van der Waals surface area contributed by atoms with Crippen molar-refractivity contribution in [2.45, 2.75) is 45.8 Å². The van der Waals surface area contributed by atoms with Gasteiger partial charge in [-0.2, -0.15) is 0 Å². The number of hydrogen-bond acceptors (Lipinski definition) is 6. The molecule has 3 heterocycles. The molecule has 2 aromatic heterocycles. The van der Waals surface area contributed by atoms with Gasteiger partial charge in [-0.15, -0.1) is 10.2 Å². The number of piperazine rings is 1. The number of aromatic nitrogens is 4. The van der Waals surface area contributed by atoms with E-state index in [1.807, 2.05) is 65.6 Å². The van der Waals surface area contributed by atoms with Gasteiger partial charge in [-0.3, -0.25) is 18.6 Å². The summed E-state index contributed by atoms with van der Waals surface area (Å²) >= 11 is 0. The van der Waals surface area contributed by atoms with E-state index in [2.05, 4.69) is 27.2 Å². The summed E-state index contributed by atoms with van der Waals surface area (Å²) in [6.45, 7) is 8.09. The molecule has 0 spiro atoms. The van der Waals surface area contributed by atoms with Crippen LogP contribution >= 0.6 is 0 Å². The van der Waals surface area contributed by atoms with Crippen molar-refractivity contribution in [3.63, 3.8) is 0 Å². The van der Waals surface area contributed by atoms with Gasteiger partial charge in [-0.25, -0.2) is 0 Å². The fourth-order valence-corrected chi connectivity index (χ4v) is 4.95. The standard InChI is InChI=1S/C28H34N6O3/c1-21(2)37-20-8-15-33-27(36)23-11-6-7-12-24(23)34-25(29-30-28(33)34)13-14-26(35)32-18-16-31(17-19-32)22-9-4-3-5-10-22/h3-7,9-12,21H,8,13-20H2,1-2H3. The van der Waals surface area contributed by atoms with Crippen LogP contribution in [0.3, 0.4) is 0 Å². The second-order valence-electron chi connectivity index (χ2n) is 9.70. The SMILES string of the molecule is CC(C)OCCCn1c(=O)c2ccccc2n2c(CCC(=O)N3CCN(c4ccccc4)CC3)nnc12. The molecule has 0 N–H and O–H groups in total. The number of nitrogens with zero attached hydrogens (tertiary/aromatic N) is 6. The van der Waals surface area contributed by atoms with Gasteiger partial charge in [0, 0.05) is 57.9 Å². The van der Waals surface area contributed by atoms with E-state index < -0.39 is 0 Å². The van der Waals surface area contributed by atoms with Crippen LogP contribution in [0.15, 0.2) is 59.4 Å². The first-order valence-electron chi connectivity index (χ1n) is 13.1. The van der Waals surface area contributed by atoms with Gasteiger partial charge in [0.1, 0.15) is 5.82 Å². The highest BCUT2D eigenvalue weighted by Gasteiger charge is 2.22. The highest BCUT2D eigenvalue weighted by atomic mass is 16.5. The zero-order valence-electron chi connectivity index (χ0n) is 21.5. The summed E-state index contributed by atoms with van der Waals surface area (Å²) in [6.07, 6.45) is 1.65. The largest absolute Gasteiger partial charge is 0.379 e. The van der Waals surface area contributed by atoms with E-state index in [0.717, 1.165) is 18.6 Å². The highest BCUT2D eigenvalue weighted by molar-refractivity contribution is 5.80. The molecule has 1 saturated heterocycles. The Morgan fingerprint density at radius 3 is 2.46 bits per heavy atom. The molecular weight excluding hydrogens is 468 g/mol. The number of anilines is 1. The molecule has 194 valence electrons. The Bertz CT molecular complexity index is 1420. The van der Waals surface area contributed by atoms with Crippen LogP contribution < -0.4 is 10.5 Å². The van der Waals surface area contributed by atoms with Crippen molar-refractivity contribution in [3.8, 4) is 0 Å². The average Bonchev–Trinajstić information content (AvgIpc) is 3.35. The number of aryl methyl sites for hydroxylation is 2. The summed E-state index contributed by atoms with van der Waals surface area (Å²) in [5.41, 5.74) is 1.87. The molecule has 0 aliphatic carbocycles. The first-order valence-corrected chi connectivity index (χ1v) is 13.1. The fourth-order valence-electron chi connectivity index (χ4n) is 4.95. The Balaban J connectivity index is 1.31. The zero-order chi connectivity index (χ0) is 25.8. The molecule has 9 nitrogen and oxygen atoms in total. The Morgan fingerprint density at radius 1 is 0.973 bits per heavy atom. The number of carbonyl (C=O) groups excluding carboxylic acids is 1. The number of benzene rings is 2. The molecule has 37 heavy (non-hydrogen) atoms. The molecule has 9 heteroatoms. The van der Waals surface area contributed by atoms with Crippen molar-refractivity contribution in [2.24, 2.45) is 0 Å². The van der Waals surface area contributed by atoms with Gasteiger partial charge in [0.25, 0.3) is 5.56 Å². The van der Waals surface area contributed by atoms with Crippen molar-refractivity contribution < 1.29 is 9.53 Å². The number of fused-ring (bicyclic) bond motifs is 3. The van der Waals surface area contributed by atoms with Gasteiger partial charge in [-0.1, -0.05) is 30.3 Å². The lowest BCUT2D eigenvalue weighted by Crippen LogP contribution is -2.48. The monoisotopic (exact) mass is 502 g/mol. The average molecular weight is 503 g/mol. The summed E-state index contributed by atoms with van der Waals surface area (Å²) in [5, 5.41) is 9.41. The van der Waals surface area contributed by atoms with Gasteiger partial charge < -0.3 is 14.5 Å². The van der Waals surface area contributed by atoms with Crippen LogP contribution in [0.5, 0.6) is 0 Å². The van der Waals surface area contributed by atoms with Crippen molar-refractivity contribution in [3.05, 3.63) is 70.8 Å². The molecule has 2 aromatic carbocycles. The van der Waals surface area contributed by atoms with Gasteiger partial charge in [0.2, 0.25) is 11.7 Å². The van der Waals surface area contributed by atoms with E-state index in [1.165, 1.54) is 5.69 Å². The summed E-state index contributed by atoms with van der Waals surface area (Å²) < 4.78 is 9.26. The summed E-state index contributed by atoms with van der Waals surface area (Å²) in [4.78, 5) is 30.6. The smallest absolute Gasteiger partial charge is 0.262 e. The van der Waals surface area contributed by atoms with Gasteiger partial charge in [0.15, 0.2) is 0 Å². The lowest BCUT2D eigenvalue weighted by molar-refractivity contribution is -0.131. The molecule has 1 amide bonds. The second kappa shape index (κ2) is 11.1. The van der Waals surface area contributed by atoms with Crippen LogP contribution in [0.25, 0.3) is 16.7 Å². The lowest BCUT2D eigenvalue weighted by atomic mass is 10.2. The molecule has 1 aliphatic rings. The number of carbonyl (C=O) groups is 1. The van der Waals surface area contributed by atoms with Crippen molar-refractivity contribution >= 4 is 28.3 Å². The predicted molar refractivity (Wildman–Crippen MR) is 144 cm³/mol. The van der Waals surface area contributed by atoms with Crippen LogP contribution in [-0.2, 0) is 22.5 Å². The van der Waals surface area contributed by atoms with Crippen LogP contribution in [0, 0.1) is 0 Å². The normalized spacial score (nSPS) is 14.2. The number of rotatable bonds is 9. The maximum Gasteiger partial charge on any atom is 0.262 e. The van der Waals surface area contributed by atoms with E-state index in [-0.39, 0.29) is 17.6 Å². The summed E-state index contributed by atoms with van der Waals surface area (Å²) in [6, 6.07) is 17.8. The van der Waals surface area contributed by atoms with E-state index in [4.69, 9.17) is 4.74 Å². The fraction of sp³-hybridized carbons (Fsp3) is 0.429. The van der Waals surface area contributed by atoms with E-state index >= 15 is 0 Å². The van der Waals surface area contributed by atoms with Crippen molar-refractivity contribution in [1.82, 2.24) is 24.1 Å². The van der Waals surface area contributed by atoms with Crippen LogP contribution in [0.4, 0.5) is 5.69 Å². The summed E-state index contributed by atoms with van der Waals surface area (Å²) in [5.74, 6) is 1.31. The minimum absolute atomic E-state index is 0.0843. The molecule has 0 bridgehead atoms. The molecule has 5 rings (SSSR count). The molecule has 1 aliphatic heterocycles. The lowest BCUT2D eigenvalue weighted by Gasteiger charge is -2.36. The van der Waals surface area contributed by atoms with Crippen molar-refractivity contribution in [1.29, 1.82) is 0 Å². The second-order valence-corrected chi connectivity index (χ2v) is 9.70. The topological polar surface area (TPSA) is 85.0 Å². The van der Waals surface area contributed by atoms with Gasteiger partial charge in [-0.05, 0) is 44.5 Å². The quantitative estimate of drug-likeness (QED) is 0.327. The third-order valence-corrected chi connectivity index (χ3v) is 6.87. The number of hydrogen-bond donors (Lipinski definition) is 0. The first-order chi connectivity index (χ1) is 18.0. The number of ether oxygens (including phenoxy) is 1. The Labute approximate surface area is 216 Å². The van der Waals surface area contributed by atoms with Gasteiger partial charge in [0.05, 0.1) is 17.0 Å². The maximum atomic E-state index is 13.3. The predicted octanol–water partition coefficient (Wildman–Crippen LogP) is 3.14. The first kappa shape index (κ1) is 25.0. The molecular formula is C28H34N6O3. The van der Waals surface area contributed by atoms with E-state index in [0.29, 0.717) is 62.5 Å². The Morgan fingerprint density at radius 2 is 1.70 bits per heavy atom. The zero-order valence-corrected chi connectivity index (χ0v) is 21.5.